The van der Waals surface area contributed by atoms with Gasteiger partial charge in [-0.3, -0.25) is 9.59 Å². The Kier molecular flexibility index (Phi) is 5.61. The summed E-state index contributed by atoms with van der Waals surface area (Å²) < 4.78 is 42.4. The van der Waals surface area contributed by atoms with Crippen LogP contribution in [0.3, 0.4) is 0 Å². The van der Waals surface area contributed by atoms with E-state index >= 15 is 0 Å². The number of carbonyl (C=O) groups is 1. The van der Waals surface area contributed by atoms with Crippen LogP contribution in [0.25, 0.3) is 0 Å². The summed E-state index contributed by atoms with van der Waals surface area (Å²) in [5.74, 6) is -0.555. The molecule has 5 nitrogen and oxygen atoms in total. The van der Waals surface area contributed by atoms with Crippen LogP contribution in [0.2, 0.25) is 0 Å². The zero-order valence-corrected chi connectivity index (χ0v) is 11.6. The minimum Gasteiger partial charge on any atom is -0.465 e. The van der Waals surface area contributed by atoms with Crippen molar-refractivity contribution in [2.24, 2.45) is 0 Å². The molecule has 0 saturated heterocycles. The highest BCUT2D eigenvalue weighted by Gasteiger charge is 2.34. The molecule has 1 aromatic heterocycles. The lowest BCUT2D eigenvalue weighted by Crippen LogP contribution is -2.22. The third-order valence-electron chi connectivity index (χ3n) is 2.18. The van der Waals surface area contributed by atoms with Gasteiger partial charge in [-0.15, -0.1) is 0 Å². The maximum atomic E-state index is 12.5. The number of aromatic amines is 1. The Morgan fingerprint density at radius 2 is 2.15 bits per heavy atom. The molecule has 1 heterocycles. The number of hydrogen-bond acceptors (Lipinski definition) is 5. The van der Waals surface area contributed by atoms with Crippen LogP contribution in [-0.4, -0.2) is 27.8 Å². The van der Waals surface area contributed by atoms with Gasteiger partial charge < -0.3 is 9.72 Å². The average Bonchev–Trinajstić information content (AvgIpc) is 2.34. The number of hydrogen-bond donors (Lipinski definition) is 1. The van der Waals surface area contributed by atoms with Crippen molar-refractivity contribution in [2.45, 2.75) is 36.9 Å². The summed E-state index contributed by atoms with van der Waals surface area (Å²) in [5.41, 5.74) is -2.21. The summed E-state index contributed by atoms with van der Waals surface area (Å²) in [6, 6.07) is 0.370. The van der Waals surface area contributed by atoms with Crippen LogP contribution in [0.4, 0.5) is 13.2 Å². The van der Waals surface area contributed by atoms with E-state index in [0.717, 1.165) is 11.8 Å². The van der Waals surface area contributed by atoms with Crippen molar-refractivity contribution < 1.29 is 22.7 Å². The minimum atomic E-state index is -4.71. The number of esters is 1. The molecule has 20 heavy (non-hydrogen) atoms. The molecule has 0 bridgehead atoms. The quantitative estimate of drug-likeness (QED) is 0.513. The predicted octanol–water partition coefficient (Wildman–Crippen LogP) is 2.22. The van der Waals surface area contributed by atoms with E-state index in [2.05, 4.69) is 9.97 Å². The average molecular weight is 310 g/mol. The van der Waals surface area contributed by atoms with Gasteiger partial charge in [-0.25, -0.2) is 4.98 Å². The number of H-pyrrole nitrogens is 1. The number of nitrogens with zero attached hydrogens (tertiary/aromatic N) is 1. The highest BCUT2D eigenvalue weighted by atomic mass is 32.2. The molecule has 0 aliphatic heterocycles. The Morgan fingerprint density at radius 1 is 1.50 bits per heavy atom. The third kappa shape index (κ3) is 4.55. The normalized spacial score (nSPS) is 13.1. The van der Waals surface area contributed by atoms with E-state index in [-0.39, 0.29) is 11.8 Å². The van der Waals surface area contributed by atoms with Gasteiger partial charge >= 0.3 is 12.1 Å². The van der Waals surface area contributed by atoms with Crippen LogP contribution >= 0.6 is 11.8 Å². The van der Waals surface area contributed by atoms with Gasteiger partial charge in [0.2, 0.25) is 0 Å². The van der Waals surface area contributed by atoms with Crippen LogP contribution in [0, 0.1) is 0 Å². The second-order valence-corrected chi connectivity index (χ2v) is 4.89. The number of carbonyl (C=O) groups excluding carboxylic acids is 1. The molecule has 1 N–H and O–H groups in total. The largest absolute Gasteiger partial charge is 0.465 e. The maximum absolute atomic E-state index is 12.5. The molecule has 112 valence electrons. The summed E-state index contributed by atoms with van der Waals surface area (Å²) in [7, 11) is 0. The monoisotopic (exact) mass is 310 g/mol. The second kappa shape index (κ2) is 6.78. The molecular formula is C11H13F3N2O3S. The first-order valence-corrected chi connectivity index (χ1v) is 6.67. The van der Waals surface area contributed by atoms with Crippen molar-refractivity contribution in [3.8, 4) is 0 Å². The summed E-state index contributed by atoms with van der Waals surface area (Å²) >= 11 is 0.740. The Balaban J connectivity index is 2.99. The van der Waals surface area contributed by atoms with Gasteiger partial charge in [-0.2, -0.15) is 13.2 Å². The van der Waals surface area contributed by atoms with Crippen molar-refractivity contribution in [3.05, 3.63) is 22.1 Å². The highest BCUT2D eigenvalue weighted by molar-refractivity contribution is 8.00. The first-order valence-electron chi connectivity index (χ1n) is 5.79. The topological polar surface area (TPSA) is 72.0 Å². The van der Waals surface area contributed by atoms with E-state index in [9.17, 15) is 22.8 Å². The van der Waals surface area contributed by atoms with Gasteiger partial charge in [0.15, 0.2) is 10.9 Å². The Labute approximate surface area is 116 Å². The van der Waals surface area contributed by atoms with Gasteiger partial charge in [0.25, 0.3) is 5.56 Å². The summed E-state index contributed by atoms with van der Waals surface area (Å²) in [6.45, 7) is 3.47. The number of thioether (sulfide) groups is 1. The molecule has 0 spiro atoms. The lowest BCUT2D eigenvalue weighted by molar-refractivity contribution is -0.142. The molecular weight excluding hydrogens is 297 g/mol. The fourth-order valence-corrected chi connectivity index (χ4v) is 2.22. The van der Waals surface area contributed by atoms with E-state index in [1.807, 2.05) is 0 Å². The first kappa shape index (κ1) is 16.5. The fourth-order valence-electron chi connectivity index (χ4n) is 1.30. The molecule has 0 radical (unpaired) electrons. The predicted molar refractivity (Wildman–Crippen MR) is 66.4 cm³/mol. The van der Waals surface area contributed by atoms with Crippen LogP contribution in [0.15, 0.2) is 16.0 Å². The van der Waals surface area contributed by atoms with Crippen molar-refractivity contribution in [3.63, 3.8) is 0 Å². The number of ether oxygens (including phenoxy) is 1. The molecule has 0 aromatic carbocycles. The van der Waals surface area contributed by atoms with Crippen LogP contribution < -0.4 is 5.56 Å². The molecule has 0 saturated carbocycles. The first-order chi connectivity index (χ1) is 9.27. The number of aromatic nitrogens is 2. The minimum absolute atomic E-state index is 0.169. The zero-order chi connectivity index (χ0) is 15.3. The molecule has 1 atom stereocenters. The second-order valence-electron chi connectivity index (χ2n) is 3.70. The Bertz CT molecular complexity index is 530. The van der Waals surface area contributed by atoms with E-state index in [1.165, 1.54) is 0 Å². The van der Waals surface area contributed by atoms with Crippen molar-refractivity contribution >= 4 is 17.7 Å². The molecule has 9 heteroatoms. The van der Waals surface area contributed by atoms with E-state index in [1.54, 1.807) is 13.8 Å². The summed E-state index contributed by atoms with van der Waals surface area (Å²) in [4.78, 5) is 28.2. The van der Waals surface area contributed by atoms with E-state index in [0.29, 0.717) is 12.5 Å². The lowest BCUT2D eigenvalue weighted by Gasteiger charge is -2.13. The summed E-state index contributed by atoms with van der Waals surface area (Å²) in [6.07, 6.45) is -4.38. The third-order valence-corrected chi connectivity index (χ3v) is 3.41. The number of halogens is 3. The molecule has 1 rings (SSSR count). The lowest BCUT2D eigenvalue weighted by atomic mass is 10.3. The number of alkyl halides is 3. The number of nitrogens with one attached hydrogen (secondary N) is 1. The smallest absolute Gasteiger partial charge is 0.433 e. The van der Waals surface area contributed by atoms with E-state index in [4.69, 9.17) is 4.74 Å². The highest BCUT2D eigenvalue weighted by Crippen LogP contribution is 2.29. The zero-order valence-electron chi connectivity index (χ0n) is 10.8. The maximum Gasteiger partial charge on any atom is 0.433 e. The van der Waals surface area contributed by atoms with Gasteiger partial charge in [-0.1, -0.05) is 18.7 Å². The SMILES string of the molecule is CCOC(=O)C(CC)Sc1nc(C(F)(F)F)cc(=O)[nH]1. The fraction of sp³-hybridized carbons (Fsp3) is 0.545. The molecule has 1 aromatic rings. The van der Waals surface area contributed by atoms with Gasteiger partial charge in [-0.05, 0) is 13.3 Å². The molecule has 0 fully saturated rings. The van der Waals surface area contributed by atoms with E-state index < -0.39 is 28.6 Å². The molecule has 0 aliphatic rings. The molecule has 0 amide bonds. The van der Waals surface area contributed by atoms with Gasteiger partial charge in [0, 0.05) is 6.07 Å². The van der Waals surface area contributed by atoms with Crippen molar-refractivity contribution in [1.82, 2.24) is 9.97 Å². The van der Waals surface area contributed by atoms with Crippen molar-refractivity contribution in [2.75, 3.05) is 6.61 Å². The molecule has 1 unspecified atom stereocenters. The van der Waals surface area contributed by atoms with Crippen LogP contribution in [0.1, 0.15) is 26.0 Å². The van der Waals surface area contributed by atoms with Crippen LogP contribution in [0.5, 0.6) is 0 Å². The molecule has 0 aliphatic carbocycles. The summed E-state index contributed by atoms with van der Waals surface area (Å²) in [5, 5.41) is -0.980. The number of rotatable bonds is 5. The van der Waals surface area contributed by atoms with Crippen LogP contribution in [-0.2, 0) is 15.7 Å². The van der Waals surface area contributed by atoms with Gasteiger partial charge in [0.1, 0.15) is 5.25 Å². The van der Waals surface area contributed by atoms with Gasteiger partial charge in [0.05, 0.1) is 6.61 Å². The Morgan fingerprint density at radius 3 is 2.65 bits per heavy atom. The Hall–Kier alpha value is -1.51. The standard InChI is InChI=1S/C11H13F3N2O3S/c1-3-6(9(18)19-4-2)20-10-15-7(11(12,13)14)5-8(17)16-10/h5-6H,3-4H2,1-2H3,(H,15,16,17). The van der Waals surface area contributed by atoms with Crippen molar-refractivity contribution in [1.29, 1.82) is 0 Å².